The molecular weight excluding hydrogens is 453 g/mol. The van der Waals surface area contributed by atoms with E-state index in [0.717, 1.165) is 37.1 Å². The van der Waals surface area contributed by atoms with E-state index < -0.39 is 12.4 Å². The predicted octanol–water partition coefficient (Wildman–Crippen LogP) is 4.50. The first-order valence-corrected chi connectivity index (χ1v) is 11.1. The van der Waals surface area contributed by atoms with Crippen LogP contribution in [0.4, 0.5) is 18.0 Å². The van der Waals surface area contributed by atoms with Crippen LogP contribution in [0.25, 0.3) is 11.4 Å². The molecule has 1 aliphatic carbocycles. The van der Waals surface area contributed by atoms with Crippen molar-refractivity contribution < 1.29 is 27.2 Å². The number of H-pyrrole nitrogens is 1. The van der Waals surface area contributed by atoms with Crippen LogP contribution in [-0.4, -0.2) is 43.4 Å². The van der Waals surface area contributed by atoms with Crippen LogP contribution in [0.3, 0.4) is 0 Å². The Morgan fingerprint density at radius 3 is 2.68 bits per heavy atom. The molecule has 12 heteroatoms. The van der Waals surface area contributed by atoms with E-state index in [1.165, 1.54) is 30.7 Å². The van der Waals surface area contributed by atoms with Crippen LogP contribution >= 0.6 is 0 Å². The molecule has 2 N–H and O–H groups in total. The number of rotatable bonds is 4. The summed E-state index contributed by atoms with van der Waals surface area (Å²) in [4.78, 5) is 26.7. The summed E-state index contributed by atoms with van der Waals surface area (Å²) in [6, 6.07) is 4.60. The number of imidazole rings is 1. The number of alkyl halides is 3. The largest absolute Gasteiger partial charge is 0.573 e. The lowest BCUT2D eigenvalue weighted by Crippen LogP contribution is -2.48. The average molecular weight is 476 g/mol. The number of nitrogens with one attached hydrogen (secondary N) is 2. The van der Waals surface area contributed by atoms with Crippen LogP contribution < -0.4 is 10.1 Å². The zero-order valence-electron chi connectivity index (χ0n) is 18.1. The maximum Gasteiger partial charge on any atom is 0.573 e. The van der Waals surface area contributed by atoms with Crippen molar-refractivity contribution >= 4 is 6.03 Å². The Morgan fingerprint density at radius 1 is 1.18 bits per heavy atom. The molecule has 0 saturated heterocycles. The number of carbonyl (C=O) groups is 1. The minimum atomic E-state index is -4.77. The first-order valence-electron chi connectivity index (χ1n) is 11.1. The van der Waals surface area contributed by atoms with Gasteiger partial charge in [0.25, 0.3) is 0 Å². The predicted molar refractivity (Wildman–Crippen MR) is 112 cm³/mol. The molecule has 5 rings (SSSR count). The topological polar surface area (TPSA) is 109 Å². The van der Waals surface area contributed by atoms with Crippen LogP contribution in [0.15, 0.2) is 35.1 Å². The fourth-order valence-corrected chi connectivity index (χ4v) is 4.47. The number of hydrogen-bond donors (Lipinski definition) is 2. The van der Waals surface area contributed by atoms with Gasteiger partial charge in [0.1, 0.15) is 11.8 Å². The molecule has 3 aromatic rings. The van der Waals surface area contributed by atoms with E-state index in [0.29, 0.717) is 18.5 Å². The smallest absolute Gasteiger partial charge is 0.406 e. The SMILES string of the molecule is O=C(NC1CCCCC1)N1Cc2[nH]cnc2C[C@H]1c1nc(-c2ccc(OC(F)(F)F)cc2)no1. The minimum Gasteiger partial charge on any atom is -0.406 e. The number of ether oxygens (including phenoxy) is 1. The van der Waals surface area contributed by atoms with E-state index in [1.54, 1.807) is 11.2 Å². The van der Waals surface area contributed by atoms with E-state index in [2.05, 4.69) is 30.2 Å². The third kappa shape index (κ3) is 4.85. The van der Waals surface area contributed by atoms with Gasteiger partial charge >= 0.3 is 12.4 Å². The van der Waals surface area contributed by atoms with E-state index in [1.807, 2.05) is 0 Å². The Hall–Kier alpha value is -3.57. The van der Waals surface area contributed by atoms with Gasteiger partial charge in [-0.1, -0.05) is 24.4 Å². The normalized spacial score (nSPS) is 19.0. The Bertz CT molecular complexity index is 1140. The Balaban J connectivity index is 1.36. The zero-order chi connectivity index (χ0) is 23.7. The number of fused-ring (bicyclic) bond motifs is 1. The lowest BCUT2D eigenvalue weighted by molar-refractivity contribution is -0.274. The van der Waals surface area contributed by atoms with E-state index in [4.69, 9.17) is 4.52 Å². The average Bonchev–Trinajstić information content (AvgIpc) is 3.48. The lowest BCUT2D eigenvalue weighted by atomic mass is 9.95. The van der Waals surface area contributed by atoms with Gasteiger partial charge in [0, 0.05) is 18.0 Å². The van der Waals surface area contributed by atoms with E-state index >= 15 is 0 Å². The van der Waals surface area contributed by atoms with Gasteiger partial charge in [-0.15, -0.1) is 13.2 Å². The molecule has 3 heterocycles. The number of carbonyl (C=O) groups excluding carboxylic acids is 1. The van der Waals surface area contributed by atoms with Gasteiger partial charge in [-0.3, -0.25) is 0 Å². The summed E-state index contributed by atoms with van der Waals surface area (Å²) in [6.45, 7) is 0.319. The number of aromatic amines is 1. The highest BCUT2D eigenvalue weighted by molar-refractivity contribution is 5.75. The summed E-state index contributed by atoms with van der Waals surface area (Å²) in [5, 5.41) is 7.11. The molecule has 2 amide bonds. The van der Waals surface area contributed by atoms with Crippen molar-refractivity contribution in [1.82, 2.24) is 30.3 Å². The van der Waals surface area contributed by atoms with Crippen LogP contribution in [-0.2, 0) is 13.0 Å². The van der Waals surface area contributed by atoms with Gasteiger partial charge in [0.05, 0.1) is 24.3 Å². The summed E-state index contributed by atoms with van der Waals surface area (Å²) in [5.41, 5.74) is 2.13. The second kappa shape index (κ2) is 8.99. The van der Waals surface area contributed by atoms with E-state index in [9.17, 15) is 18.0 Å². The molecule has 180 valence electrons. The maximum atomic E-state index is 13.2. The highest BCUT2D eigenvalue weighted by Gasteiger charge is 2.37. The van der Waals surface area contributed by atoms with Crippen LogP contribution in [0.5, 0.6) is 5.75 Å². The van der Waals surface area contributed by atoms with Gasteiger partial charge in [-0.05, 0) is 37.1 Å². The number of halogens is 3. The van der Waals surface area contributed by atoms with E-state index in [-0.39, 0.29) is 29.5 Å². The third-order valence-electron chi connectivity index (χ3n) is 6.17. The molecular formula is C22H23F3N6O3. The molecule has 0 bridgehead atoms. The maximum absolute atomic E-state index is 13.2. The molecule has 0 radical (unpaired) electrons. The molecule has 1 fully saturated rings. The Labute approximate surface area is 192 Å². The standard InChI is InChI=1S/C22H23F3N6O3/c23-22(24,25)33-15-8-6-13(7-9-15)19-29-20(34-30-19)18-10-16-17(27-12-26-16)11-31(18)21(32)28-14-4-2-1-3-5-14/h6-9,12,14,18H,1-5,10-11H2,(H,26,27)(H,28,32)/t18-/m0/s1. The Morgan fingerprint density at radius 2 is 1.94 bits per heavy atom. The van der Waals surface area contributed by atoms with Crippen molar-refractivity contribution in [3.63, 3.8) is 0 Å². The monoisotopic (exact) mass is 476 g/mol. The van der Waals surface area contributed by atoms with Crippen molar-refractivity contribution in [2.75, 3.05) is 0 Å². The third-order valence-corrected chi connectivity index (χ3v) is 6.17. The van der Waals surface area contributed by atoms with Crippen molar-refractivity contribution in [2.45, 2.75) is 63.5 Å². The van der Waals surface area contributed by atoms with Crippen LogP contribution in [0.1, 0.15) is 55.4 Å². The fourth-order valence-electron chi connectivity index (χ4n) is 4.47. The molecule has 2 aromatic heterocycles. The highest BCUT2D eigenvalue weighted by atomic mass is 19.4. The summed E-state index contributed by atoms with van der Waals surface area (Å²) in [5.74, 6) is 0.0935. The van der Waals surface area contributed by atoms with Gasteiger partial charge < -0.3 is 24.5 Å². The van der Waals surface area contributed by atoms with Gasteiger partial charge in [-0.2, -0.15) is 4.98 Å². The van der Waals surface area contributed by atoms with Gasteiger partial charge in [0.2, 0.25) is 11.7 Å². The molecule has 1 aliphatic heterocycles. The zero-order valence-corrected chi connectivity index (χ0v) is 18.1. The minimum absolute atomic E-state index is 0.140. The fraction of sp³-hybridized carbons (Fsp3) is 0.455. The summed E-state index contributed by atoms with van der Waals surface area (Å²) >= 11 is 0. The first kappa shape index (κ1) is 22.2. The van der Waals surface area contributed by atoms with Crippen LogP contribution in [0, 0.1) is 0 Å². The molecule has 0 spiro atoms. The molecule has 34 heavy (non-hydrogen) atoms. The number of amides is 2. The second-order valence-corrected chi connectivity index (χ2v) is 8.49. The number of aromatic nitrogens is 4. The van der Waals surface area contributed by atoms with Gasteiger partial charge in [0.15, 0.2) is 0 Å². The second-order valence-electron chi connectivity index (χ2n) is 8.49. The van der Waals surface area contributed by atoms with Crippen molar-refractivity contribution in [2.24, 2.45) is 0 Å². The molecule has 1 saturated carbocycles. The number of benzene rings is 1. The summed E-state index contributed by atoms with van der Waals surface area (Å²) < 4.78 is 46.6. The summed E-state index contributed by atoms with van der Waals surface area (Å²) in [6.07, 6.45) is 2.51. The molecule has 1 aromatic carbocycles. The summed E-state index contributed by atoms with van der Waals surface area (Å²) in [7, 11) is 0. The molecule has 9 nitrogen and oxygen atoms in total. The molecule has 2 aliphatic rings. The van der Waals surface area contributed by atoms with Crippen LogP contribution in [0.2, 0.25) is 0 Å². The van der Waals surface area contributed by atoms with Crippen molar-refractivity contribution in [3.05, 3.63) is 47.9 Å². The van der Waals surface area contributed by atoms with Crippen molar-refractivity contribution in [1.29, 1.82) is 0 Å². The lowest BCUT2D eigenvalue weighted by Gasteiger charge is -2.34. The highest BCUT2D eigenvalue weighted by Crippen LogP contribution is 2.33. The first-order chi connectivity index (χ1) is 16.4. The molecule has 1 atom stereocenters. The number of urea groups is 1. The Kier molecular flexibility index (Phi) is 5.88. The number of nitrogens with zero attached hydrogens (tertiary/aromatic N) is 4. The number of hydrogen-bond acceptors (Lipinski definition) is 6. The van der Waals surface area contributed by atoms with Gasteiger partial charge in [-0.25, -0.2) is 9.78 Å². The van der Waals surface area contributed by atoms with Crippen molar-refractivity contribution in [3.8, 4) is 17.1 Å². The quantitative estimate of drug-likeness (QED) is 0.574. The molecule has 0 unspecified atom stereocenters.